The van der Waals surface area contributed by atoms with E-state index in [1.54, 1.807) is 42.9 Å². The fourth-order valence-electron chi connectivity index (χ4n) is 2.94. The smallest absolute Gasteiger partial charge is 0.387 e. The predicted molar refractivity (Wildman–Crippen MR) is 120 cm³/mol. The van der Waals surface area contributed by atoms with Crippen molar-refractivity contribution in [3.8, 4) is 17.1 Å². The number of pyridine rings is 1. The van der Waals surface area contributed by atoms with Crippen LogP contribution in [0.4, 0.5) is 31.7 Å². The molecule has 166 valence electrons. The molecular formula is C23H18F2N6O2. The lowest BCUT2D eigenvalue weighted by molar-refractivity contribution is -0.0497. The van der Waals surface area contributed by atoms with E-state index in [0.717, 1.165) is 0 Å². The van der Waals surface area contributed by atoms with Crippen molar-refractivity contribution in [3.63, 3.8) is 0 Å². The largest absolute Gasteiger partial charge is 0.435 e. The average molecular weight is 448 g/mol. The number of hydrogen-bond donors (Lipinski definition) is 3. The molecule has 0 atom stereocenters. The van der Waals surface area contributed by atoms with Gasteiger partial charge in [-0.3, -0.25) is 9.78 Å². The van der Waals surface area contributed by atoms with Crippen LogP contribution in [0.2, 0.25) is 0 Å². The van der Waals surface area contributed by atoms with E-state index in [1.807, 2.05) is 18.2 Å². The molecule has 0 unspecified atom stereocenters. The number of nitrogens with zero attached hydrogens (tertiary/aromatic N) is 3. The van der Waals surface area contributed by atoms with E-state index in [0.29, 0.717) is 28.5 Å². The number of hydrogen-bond acceptors (Lipinski definition) is 7. The molecule has 33 heavy (non-hydrogen) atoms. The standard InChI is InChI=1S/C23H18F2N6O2/c24-23(25)33-16-7-8-17(26)19(11-16)31-22(32)14-4-3-5-15(10-14)30-21-13-28-20(12-29-21)18-6-1-2-9-27-18/h1-13,23H,26H2,(H,29,30)(H,31,32). The van der Waals surface area contributed by atoms with Gasteiger partial charge in [-0.15, -0.1) is 0 Å². The van der Waals surface area contributed by atoms with Gasteiger partial charge in [0.15, 0.2) is 0 Å². The van der Waals surface area contributed by atoms with Gasteiger partial charge in [-0.25, -0.2) is 9.97 Å². The number of nitrogens with one attached hydrogen (secondary N) is 2. The Kier molecular flexibility index (Phi) is 6.35. The zero-order chi connectivity index (χ0) is 23.2. The highest BCUT2D eigenvalue weighted by atomic mass is 19.3. The molecule has 1 amide bonds. The average Bonchev–Trinajstić information content (AvgIpc) is 2.82. The number of anilines is 4. The first-order chi connectivity index (χ1) is 16.0. The van der Waals surface area contributed by atoms with Crippen LogP contribution in [0.1, 0.15) is 10.4 Å². The van der Waals surface area contributed by atoms with Gasteiger partial charge in [0.05, 0.1) is 29.5 Å². The Morgan fingerprint density at radius 2 is 1.82 bits per heavy atom. The molecule has 4 aromatic rings. The van der Waals surface area contributed by atoms with Crippen molar-refractivity contribution in [1.29, 1.82) is 0 Å². The second kappa shape index (κ2) is 9.69. The van der Waals surface area contributed by atoms with Crippen LogP contribution in [-0.2, 0) is 0 Å². The van der Waals surface area contributed by atoms with Gasteiger partial charge in [-0.1, -0.05) is 12.1 Å². The lowest BCUT2D eigenvalue weighted by atomic mass is 10.1. The minimum Gasteiger partial charge on any atom is -0.435 e. The number of aromatic nitrogens is 3. The van der Waals surface area contributed by atoms with Crippen LogP contribution in [0, 0.1) is 0 Å². The summed E-state index contributed by atoms with van der Waals surface area (Å²) in [5, 5.41) is 5.69. The number of amides is 1. The Bertz CT molecular complexity index is 1250. The molecule has 0 aliphatic rings. The fourth-order valence-corrected chi connectivity index (χ4v) is 2.94. The number of rotatable bonds is 7. The van der Waals surface area contributed by atoms with E-state index in [2.05, 4.69) is 30.3 Å². The van der Waals surface area contributed by atoms with Crippen LogP contribution in [0.15, 0.2) is 79.3 Å². The monoisotopic (exact) mass is 448 g/mol. The summed E-state index contributed by atoms with van der Waals surface area (Å²) in [5.74, 6) is -0.109. The predicted octanol–water partition coefficient (Wildman–Crippen LogP) is 4.72. The Morgan fingerprint density at radius 3 is 2.55 bits per heavy atom. The zero-order valence-electron chi connectivity index (χ0n) is 17.1. The van der Waals surface area contributed by atoms with Gasteiger partial charge in [0.2, 0.25) is 0 Å². The lowest BCUT2D eigenvalue weighted by Gasteiger charge is -2.12. The third-order valence-electron chi connectivity index (χ3n) is 4.47. The first kappa shape index (κ1) is 21.6. The van der Waals surface area contributed by atoms with Gasteiger partial charge < -0.3 is 21.1 Å². The Morgan fingerprint density at radius 1 is 0.939 bits per heavy atom. The number of carbonyl (C=O) groups is 1. The van der Waals surface area contributed by atoms with Crippen LogP contribution < -0.4 is 21.1 Å². The molecule has 2 aromatic carbocycles. The number of nitrogen functional groups attached to an aromatic ring is 1. The zero-order valence-corrected chi connectivity index (χ0v) is 17.1. The molecule has 0 fully saturated rings. The molecule has 2 aromatic heterocycles. The van der Waals surface area contributed by atoms with Crippen molar-refractivity contribution in [2.45, 2.75) is 6.61 Å². The minimum absolute atomic E-state index is 0.113. The second-order valence-electron chi connectivity index (χ2n) is 6.79. The van der Waals surface area contributed by atoms with E-state index in [1.165, 1.54) is 18.2 Å². The van der Waals surface area contributed by atoms with Gasteiger partial charge in [0.1, 0.15) is 17.3 Å². The molecule has 4 N–H and O–H groups in total. The van der Waals surface area contributed by atoms with Crippen LogP contribution in [-0.4, -0.2) is 27.5 Å². The normalized spacial score (nSPS) is 10.6. The highest BCUT2D eigenvalue weighted by molar-refractivity contribution is 6.06. The van der Waals surface area contributed by atoms with Gasteiger partial charge in [-0.2, -0.15) is 8.78 Å². The van der Waals surface area contributed by atoms with Gasteiger partial charge in [0.25, 0.3) is 5.91 Å². The molecule has 10 heteroatoms. The minimum atomic E-state index is -2.99. The summed E-state index contributed by atoms with van der Waals surface area (Å²) in [7, 11) is 0. The van der Waals surface area contributed by atoms with E-state index in [-0.39, 0.29) is 17.1 Å². The van der Waals surface area contributed by atoms with Crippen LogP contribution in [0.5, 0.6) is 5.75 Å². The SMILES string of the molecule is Nc1ccc(OC(F)F)cc1NC(=O)c1cccc(Nc2cnc(-c3ccccn3)cn2)c1. The summed E-state index contributed by atoms with van der Waals surface area (Å²) >= 11 is 0. The van der Waals surface area contributed by atoms with Crippen molar-refractivity contribution in [1.82, 2.24) is 15.0 Å². The van der Waals surface area contributed by atoms with E-state index in [9.17, 15) is 13.6 Å². The van der Waals surface area contributed by atoms with Crippen molar-refractivity contribution in [3.05, 3.63) is 84.8 Å². The Hall–Kier alpha value is -4.60. The summed E-state index contributed by atoms with van der Waals surface area (Å²) in [4.78, 5) is 25.6. The van der Waals surface area contributed by atoms with Crippen molar-refractivity contribution >= 4 is 28.8 Å². The van der Waals surface area contributed by atoms with E-state index in [4.69, 9.17) is 5.73 Å². The van der Waals surface area contributed by atoms with Crippen LogP contribution >= 0.6 is 0 Å². The molecule has 8 nitrogen and oxygen atoms in total. The molecule has 0 bridgehead atoms. The quantitative estimate of drug-likeness (QED) is 0.351. The van der Waals surface area contributed by atoms with Gasteiger partial charge in [-0.05, 0) is 42.5 Å². The van der Waals surface area contributed by atoms with Crippen molar-refractivity contribution in [2.75, 3.05) is 16.4 Å². The lowest BCUT2D eigenvalue weighted by Crippen LogP contribution is -2.14. The van der Waals surface area contributed by atoms with Crippen LogP contribution in [0.3, 0.4) is 0 Å². The Balaban J connectivity index is 1.46. The summed E-state index contributed by atoms with van der Waals surface area (Å²) in [6.45, 7) is -2.99. The topological polar surface area (TPSA) is 115 Å². The maximum atomic E-state index is 12.7. The molecular weight excluding hydrogens is 430 g/mol. The molecule has 0 spiro atoms. The summed E-state index contributed by atoms with van der Waals surface area (Å²) in [6.07, 6.45) is 4.83. The third kappa shape index (κ3) is 5.56. The molecule has 0 radical (unpaired) electrons. The van der Waals surface area contributed by atoms with E-state index >= 15 is 0 Å². The van der Waals surface area contributed by atoms with Crippen LogP contribution in [0.25, 0.3) is 11.4 Å². The number of nitrogens with two attached hydrogens (primary N) is 1. The van der Waals surface area contributed by atoms with E-state index < -0.39 is 12.5 Å². The number of benzene rings is 2. The maximum absolute atomic E-state index is 12.7. The molecule has 2 heterocycles. The first-order valence-corrected chi connectivity index (χ1v) is 9.74. The third-order valence-corrected chi connectivity index (χ3v) is 4.47. The molecule has 0 aliphatic heterocycles. The van der Waals surface area contributed by atoms with Gasteiger partial charge >= 0.3 is 6.61 Å². The number of carbonyl (C=O) groups excluding carboxylic acids is 1. The Labute approximate surface area is 187 Å². The molecule has 4 rings (SSSR count). The second-order valence-corrected chi connectivity index (χ2v) is 6.79. The summed E-state index contributed by atoms with van der Waals surface area (Å²) < 4.78 is 29.3. The fraction of sp³-hybridized carbons (Fsp3) is 0.0435. The first-order valence-electron chi connectivity index (χ1n) is 9.74. The summed E-state index contributed by atoms with van der Waals surface area (Å²) in [6, 6.07) is 16.1. The van der Waals surface area contributed by atoms with Gasteiger partial charge in [0, 0.05) is 23.5 Å². The maximum Gasteiger partial charge on any atom is 0.387 e. The highest BCUT2D eigenvalue weighted by Gasteiger charge is 2.12. The molecule has 0 saturated heterocycles. The number of ether oxygens (including phenoxy) is 1. The van der Waals surface area contributed by atoms with Crippen molar-refractivity contribution < 1.29 is 18.3 Å². The number of alkyl halides is 2. The number of halogens is 2. The summed E-state index contributed by atoms with van der Waals surface area (Å²) in [5.41, 5.74) is 8.47. The molecule has 0 aliphatic carbocycles. The molecule has 0 saturated carbocycles. The highest BCUT2D eigenvalue weighted by Crippen LogP contribution is 2.27. The van der Waals surface area contributed by atoms with Crippen molar-refractivity contribution in [2.24, 2.45) is 0 Å².